The predicted molar refractivity (Wildman–Crippen MR) is 138 cm³/mol. The van der Waals surface area contributed by atoms with Crippen LogP contribution in [0.1, 0.15) is 26.3 Å². The van der Waals surface area contributed by atoms with Crippen molar-refractivity contribution >= 4 is 56.3 Å². The highest BCUT2D eigenvalue weighted by Gasteiger charge is 2.19. The molecule has 0 unspecified atom stereocenters. The minimum absolute atomic E-state index is 0.0284. The summed E-state index contributed by atoms with van der Waals surface area (Å²) in [7, 11) is -3.82. The molecule has 4 aromatic rings. The van der Waals surface area contributed by atoms with Gasteiger partial charge in [0.25, 0.3) is 15.9 Å². The van der Waals surface area contributed by atoms with Crippen molar-refractivity contribution in [2.24, 2.45) is 0 Å². The molecule has 0 aromatic heterocycles. The van der Waals surface area contributed by atoms with Gasteiger partial charge in [0, 0.05) is 16.1 Å². The third-order valence-electron chi connectivity index (χ3n) is 5.03. The van der Waals surface area contributed by atoms with Crippen LogP contribution in [0, 0.1) is 0 Å². The second-order valence-electron chi connectivity index (χ2n) is 7.45. The number of sulfonamides is 1. The molecule has 0 bridgehead atoms. The monoisotopic (exact) mass is 524 g/mol. The van der Waals surface area contributed by atoms with Crippen molar-refractivity contribution in [2.75, 3.05) is 10.0 Å². The number of carbonyl (C=O) groups is 2. The molecular weight excluding hydrogens is 507 g/mol. The van der Waals surface area contributed by atoms with E-state index in [0.717, 1.165) is 0 Å². The van der Waals surface area contributed by atoms with E-state index in [-0.39, 0.29) is 38.2 Å². The summed E-state index contributed by atoms with van der Waals surface area (Å²) in [6.45, 7) is 0. The highest BCUT2D eigenvalue weighted by Crippen LogP contribution is 2.27. The molecule has 4 rings (SSSR count). The topological polar surface area (TPSA) is 92.3 Å². The predicted octanol–water partition coefficient (Wildman–Crippen LogP) is 6.28. The van der Waals surface area contributed by atoms with Gasteiger partial charge in [-0.2, -0.15) is 0 Å². The highest BCUT2D eigenvalue weighted by molar-refractivity contribution is 7.92. The lowest BCUT2D eigenvalue weighted by Crippen LogP contribution is -2.16. The van der Waals surface area contributed by atoms with E-state index in [1.807, 2.05) is 0 Å². The summed E-state index contributed by atoms with van der Waals surface area (Å²) in [5.74, 6) is -0.878. The first-order chi connectivity index (χ1) is 16.7. The molecule has 0 aliphatic carbocycles. The van der Waals surface area contributed by atoms with Crippen LogP contribution in [0.15, 0.2) is 102 Å². The third kappa shape index (κ3) is 5.71. The van der Waals surface area contributed by atoms with Crippen LogP contribution < -0.4 is 10.0 Å². The van der Waals surface area contributed by atoms with Gasteiger partial charge in [0.2, 0.25) is 0 Å². The maximum Gasteiger partial charge on any atom is 0.261 e. The molecule has 1 amide bonds. The zero-order valence-electron chi connectivity index (χ0n) is 18.0. The van der Waals surface area contributed by atoms with E-state index in [2.05, 4.69) is 10.0 Å². The van der Waals surface area contributed by atoms with E-state index in [9.17, 15) is 18.0 Å². The van der Waals surface area contributed by atoms with Gasteiger partial charge in [0.05, 0.1) is 26.9 Å². The van der Waals surface area contributed by atoms with Gasteiger partial charge in [0.1, 0.15) is 0 Å². The van der Waals surface area contributed by atoms with E-state index in [0.29, 0.717) is 10.6 Å². The summed E-state index contributed by atoms with van der Waals surface area (Å²) in [6, 6.07) is 25.2. The molecule has 0 aliphatic heterocycles. The number of halogens is 2. The van der Waals surface area contributed by atoms with E-state index in [1.54, 1.807) is 54.6 Å². The van der Waals surface area contributed by atoms with Crippen molar-refractivity contribution in [2.45, 2.75) is 4.90 Å². The number of nitrogens with one attached hydrogen (secondary N) is 2. The zero-order valence-corrected chi connectivity index (χ0v) is 20.4. The Balaban J connectivity index is 1.57. The van der Waals surface area contributed by atoms with Crippen LogP contribution in [0.25, 0.3) is 0 Å². The average molecular weight is 525 g/mol. The largest absolute Gasteiger partial charge is 0.321 e. The minimum Gasteiger partial charge on any atom is -0.321 e. The fourth-order valence-electron chi connectivity index (χ4n) is 3.32. The van der Waals surface area contributed by atoms with Crippen molar-refractivity contribution in [1.29, 1.82) is 0 Å². The minimum atomic E-state index is -3.82. The van der Waals surface area contributed by atoms with Crippen molar-refractivity contribution in [3.63, 3.8) is 0 Å². The Morgan fingerprint density at radius 1 is 0.714 bits per heavy atom. The number of anilines is 2. The molecule has 0 fully saturated rings. The van der Waals surface area contributed by atoms with Gasteiger partial charge in [0.15, 0.2) is 5.78 Å². The lowest BCUT2D eigenvalue weighted by Gasteiger charge is -2.13. The van der Waals surface area contributed by atoms with Crippen LogP contribution in [-0.4, -0.2) is 20.1 Å². The normalized spacial score (nSPS) is 11.0. The van der Waals surface area contributed by atoms with Gasteiger partial charge in [-0.15, -0.1) is 0 Å². The first-order valence-corrected chi connectivity index (χ1v) is 12.6. The maximum atomic E-state index is 13.0. The van der Waals surface area contributed by atoms with Crippen molar-refractivity contribution in [1.82, 2.24) is 0 Å². The molecule has 176 valence electrons. The number of ketones is 1. The molecule has 4 aromatic carbocycles. The number of rotatable bonds is 7. The Hall–Kier alpha value is -3.65. The molecule has 0 heterocycles. The van der Waals surface area contributed by atoms with Crippen LogP contribution in [-0.2, 0) is 10.0 Å². The Morgan fingerprint density at radius 2 is 1.37 bits per heavy atom. The van der Waals surface area contributed by atoms with Gasteiger partial charge in [-0.05, 0) is 48.5 Å². The second kappa shape index (κ2) is 10.3. The summed E-state index contributed by atoms with van der Waals surface area (Å²) in [4.78, 5) is 26.1. The number of hydrogen-bond donors (Lipinski definition) is 2. The first kappa shape index (κ1) is 24.5. The van der Waals surface area contributed by atoms with Gasteiger partial charge >= 0.3 is 0 Å². The second-order valence-corrected chi connectivity index (χ2v) is 9.98. The van der Waals surface area contributed by atoms with Gasteiger partial charge < -0.3 is 5.32 Å². The lowest BCUT2D eigenvalue weighted by atomic mass is 10.0. The van der Waals surface area contributed by atoms with E-state index in [1.165, 1.54) is 42.5 Å². The molecule has 0 saturated heterocycles. The third-order valence-corrected chi connectivity index (χ3v) is 6.97. The summed E-state index contributed by atoms with van der Waals surface area (Å²) in [5, 5.41) is 3.07. The van der Waals surface area contributed by atoms with Gasteiger partial charge in [-0.3, -0.25) is 14.3 Å². The zero-order chi connectivity index (χ0) is 25.0. The molecular formula is C26H18Cl2N2O4S. The van der Waals surface area contributed by atoms with Crippen LogP contribution in [0.3, 0.4) is 0 Å². The van der Waals surface area contributed by atoms with Crippen molar-refractivity contribution in [3.05, 3.63) is 124 Å². The maximum absolute atomic E-state index is 13.0. The number of carbonyl (C=O) groups excluding carboxylic acids is 2. The Bertz CT molecular complexity index is 1510. The van der Waals surface area contributed by atoms with Crippen molar-refractivity contribution < 1.29 is 18.0 Å². The van der Waals surface area contributed by atoms with Crippen LogP contribution >= 0.6 is 23.2 Å². The molecule has 6 nitrogen and oxygen atoms in total. The number of benzene rings is 4. The van der Waals surface area contributed by atoms with E-state index in [4.69, 9.17) is 23.2 Å². The molecule has 0 radical (unpaired) electrons. The van der Waals surface area contributed by atoms with E-state index >= 15 is 0 Å². The smallest absolute Gasteiger partial charge is 0.261 e. The highest BCUT2D eigenvalue weighted by atomic mass is 35.5. The Labute approximate surface area is 212 Å². The van der Waals surface area contributed by atoms with Crippen LogP contribution in [0.5, 0.6) is 0 Å². The summed E-state index contributed by atoms with van der Waals surface area (Å²) >= 11 is 12.4. The first-order valence-electron chi connectivity index (χ1n) is 10.3. The van der Waals surface area contributed by atoms with Crippen molar-refractivity contribution in [3.8, 4) is 0 Å². The summed E-state index contributed by atoms with van der Waals surface area (Å²) in [5.41, 5.74) is 1.22. The van der Waals surface area contributed by atoms with Crippen LogP contribution in [0.4, 0.5) is 11.4 Å². The fourth-order valence-corrected chi connectivity index (χ4v) is 4.83. The Kier molecular flexibility index (Phi) is 7.21. The summed E-state index contributed by atoms with van der Waals surface area (Å²) < 4.78 is 27.5. The number of amides is 1. The number of hydrogen-bond acceptors (Lipinski definition) is 4. The van der Waals surface area contributed by atoms with Gasteiger partial charge in [-0.25, -0.2) is 8.42 Å². The van der Waals surface area contributed by atoms with Gasteiger partial charge in [-0.1, -0.05) is 71.7 Å². The molecule has 0 spiro atoms. The molecule has 9 heteroatoms. The Morgan fingerprint density at radius 3 is 2.03 bits per heavy atom. The molecule has 0 atom stereocenters. The molecule has 2 N–H and O–H groups in total. The standard InChI is InChI=1S/C26H18Cl2N2O4S/c27-18-11-14-24(22(15-18)25(31)17-7-3-1-4-8-17)29-26(32)21-13-12-19(16-23(21)28)30-35(33,34)20-9-5-2-6-10-20/h1-16,30H,(H,29,32). The molecule has 0 aliphatic rings. The fraction of sp³-hybridized carbons (Fsp3) is 0. The average Bonchev–Trinajstić information content (AvgIpc) is 2.85. The summed E-state index contributed by atoms with van der Waals surface area (Å²) in [6.07, 6.45) is 0. The lowest BCUT2D eigenvalue weighted by molar-refractivity contribution is 0.102. The van der Waals surface area contributed by atoms with E-state index < -0.39 is 15.9 Å². The molecule has 35 heavy (non-hydrogen) atoms. The molecule has 0 saturated carbocycles. The quantitative estimate of drug-likeness (QED) is 0.278. The SMILES string of the molecule is O=C(Nc1ccc(Cl)cc1C(=O)c1ccccc1)c1ccc(NS(=O)(=O)c2ccccc2)cc1Cl. The van der Waals surface area contributed by atoms with Crippen LogP contribution in [0.2, 0.25) is 10.0 Å².